The number of nitrogens with two attached hydrogens (primary N) is 1. The molecule has 0 aliphatic carbocycles. The standard InChI is InChI=1S/C24H26N4O7/c25-17(10-14-12-26-18-4-2-1-3-16(14)18)22(32)27-19(9-13-5-7-15(29)8-6-13)23(33)28-20(24(34)35)11-21(30)31/h1-8,12,17,19-20,26,29H,9-11,25H2,(H,27,32)(H,28,33)(H,30,31)(H,34,35)/t17-,19-,20-/m0/s1. The molecule has 184 valence electrons. The minimum absolute atomic E-state index is 0.00642. The lowest BCUT2D eigenvalue weighted by Crippen LogP contribution is -2.55. The number of H-pyrrole nitrogens is 1. The van der Waals surface area contributed by atoms with Gasteiger partial charge in [-0.05, 0) is 35.7 Å². The van der Waals surface area contributed by atoms with Crippen LogP contribution in [0.5, 0.6) is 5.75 Å². The number of fused-ring (bicyclic) bond motifs is 1. The molecule has 0 saturated carbocycles. The molecule has 2 amide bonds. The van der Waals surface area contributed by atoms with Crippen molar-refractivity contribution >= 4 is 34.7 Å². The molecule has 0 saturated heterocycles. The average Bonchev–Trinajstić information content (AvgIpc) is 3.21. The van der Waals surface area contributed by atoms with Gasteiger partial charge < -0.3 is 36.7 Å². The Kier molecular flexibility index (Phi) is 8.05. The topological polar surface area (TPSA) is 195 Å². The Morgan fingerprint density at radius 2 is 1.54 bits per heavy atom. The summed E-state index contributed by atoms with van der Waals surface area (Å²) in [5.41, 5.74) is 8.38. The van der Waals surface area contributed by atoms with E-state index in [0.29, 0.717) is 5.56 Å². The molecule has 3 atom stereocenters. The summed E-state index contributed by atoms with van der Waals surface area (Å²) in [4.78, 5) is 51.2. The van der Waals surface area contributed by atoms with Crippen LogP contribution in [0.3, 0.4) is 0 Å². The van der Waals surface area contributed by atoms with Crippen molar-refractivity contribution in [1.29, 1.82) is 0 Å². The highest BCUT2D eigenvalue weighted by Crippen LogP contribution is 2.19. The number of phenols is 1. The smallest absolute Gasteiger partial charge is 0.326 e. The second-order valence-corrected chi connectivity index (χ2v) is 8.10. The number of phenolic OH excluding ortho intramolecular Hbond substituents is 1. The Morgan fingerprint density at radius 3 is 2.20 bits per heavy atom. The molecule has 0 unspecified atom stereocenters. The highest BCUT2D eigenvalue weighted by molar-refractivity contribution is 5.93. The number of carboxylic acids is 2. The highest BCUT2D eigenvalue weighted by Gasteiger charge is 2.29. The van der Waals surface area contributed by atoms with Crippen LogP contribution in [0.4, 0.5) is 0 Å². The van der Waals surface area contributed by atoms with E-state index >= 15 is 0 Å². The summed E-state index contributed by atoms with van der Waals surface area (Å²) < 4.78 is 0. The number of amides is 2. The van der Waals surface area contributed by atoms with Gasteiger partial charge in [-0.25, -0.2) is 4.79 Å². The van der Waals surface area contributed by atoms with E-state index in [0.717, 1.165) is 16.5 Å². The van der Waals surface area contributed by atoms with Gasteiger partial charge in [-0.1, -0.05) is 30.3 Å². The zero-order valence-electron chi connectivity index (χ0n) is 18.6. The number of carboxylic acid groups (broad SMARTS) is 2. The van der Waals surface area contributed by atoms with Crippen LogP contribution in [-0.4, -0.2) is 62.2 Å². The van der Waals surface area contributed by atoms with Crippen molar-refractivity contribution < 1.29 is 34.5 Å². The van der Waals surface area contributed by atoms with Crippen LogP contribution in [0.25, 0.3) is 10.9 Å². The van der Waals surface area contributed by atoms with Crippen molar-refractivity contribution in [3.8, 4) is 5.75 Å². The number of benzene rings is 2. The monoisotopic (exact) mass is 482 g/mol. The number of aliphatic carboxylic acids is 2. The quantitative estimate of drug-likeness (QED) is 0.205. The summed E-state index contributed by atoms with van der Waals surface area (Å²) in [5, 5.41) is 33.3. The van der Waals surface area contributed by atoms with E-state index in [1.165, 1.54) is 12.1 Å². The molecule has 1 aromatic heterocycles. The van der Waals surface area contributed by atoms with Crippen molar-refractivity contribution in [3.63, 3.8) is 0 Å². The average molecular weight is 482 g/mol. The van der Waals surface area contributed by atoms with E-state index in [4.69, 9.17) is 10.8 Å². The van der Waals surface area contributed by atoms with Gasteiger partial charge in [0.2, 0.25) is 11.8 Å². The van der Waals surface area contributed by atoms with Gasteiger partial charge in [0.1, 0.15) is 17.8 Å². The number of rotatable bonds is 11. The summed E-state index contributed by atoms with van der Waals surface area (Å²) in [6.45, 7) is 0. The summed E-state index contributed by atoms with van der Waals surface area (Å²) in [6, 6.07) is 9.46. The minimum atomic E-state index is -1.68. The third-order valence-corrected chi connectivity index (χ3v) is 5.45. The Labute approximate surface area is 199 Å². The molecule has 0 spiro atoms. The molecule has 1 heterocycles. The number of hydrogen-bond acceptors (Lipinski definition) is 6. The fraction of sp³-hybridized carbons (Fsp3) is 0.250. The number of aromatic nitrogens is 1. The third-order valence-electron chi connectivity index (χ3n) is 5.45. The van der Waals surface area contributed by atoms with Crippen LogP contribution in [0, 0.1) is 0 Å². The lowest BCUT2D eigenvalue weighted by atomic mass is 10.0. The molecule has 8 N–H and O–H groups in total. The molecule has 0 bridgehead atoms. The fourth-order valence-corrected chi connectivity index (χ4v) is 3.63. The minimum Gasteiger partial charge on any atom is -0.508 e. The Hall–Kier alpha value is -4.38. The Balaban J connectivity index is 1.75. The van der Waals surface area contributed by atoms with Crippen molar-refractivity contribution in [2.24, 2.45) is 5.73 Å². The molecule has 0 aliphatic heterocycles. The first-order valence-electron chi connectivity index (χ1n) is 10.8. The van der Waals surface area contributed by atoms with Gasteiger partial charge in [-0.2, -0.15) is 0 Å². The third kappa shape index (κ3) is 6.81. The van der Waals surface area contributed by atoms with E-state index < -0.39 is 48.3 Å². The predicted molar refractivity (Wildman–Crippen MR) is 126 cm³/mol. The van der Waals surface area contributed by atoms with Crippen molar-refractivity contribution in [2.75, 3.05) is 0 Å². The SMILES string of the molecule is N[C@@H](Cc1c[nH]c2ccccc12)C(=O)N[C@@H](Cc1ccc(O)cc1)C(=O)N[C@@H](CC(=O)O)C(=O)O. The van der Waals surface area contributed by atoms with Gasteiger partial charge in [-0.15, -0.1) is 0 Å². The van der Waals surface area contributed by atoms with Gasteiger partial charge >= 0.3 is 11.9 Å². The van der Waals surface area contributed by atoms with Crippen LogP contribution in [-0.2, 0) is 32.0 Å². The number of carbonyl (C=O) groups excluding carboxylic acids is 2. The van der Waals surface area contributed by atoms with Gasteiger partial charge in [0.15, 0.2) is 0 Å². The summed E-state index contributed by atoms with van der Waals surface area (Å²) >= 11 is 0. The van der Waals surface area contributed by atoms with E-state index in [1.807, 2.05) is 24.3 Å². The van der Waals surface area contributed by atoms with Gasteiger partial charge in [0.25, 0.3) is 0 Å². The van der Waals surface area contributed by atoms with E-state index in [9.17, 15) is 29.4 Å². The molecule has 0 aliphatic rings. The summed E-state index contributed by atoms with van der Waals surface area (Å²) in [7, 11) is 0. The second-order valence-electron chi connectivity index (χ2n) is 8.10. The van der Waals surface area contributed by atoms with E-state index in [1.54, 1.807) is 18.3 Å². The maximum absolute atomic E-state index is 12.9. The zero-order chi connectivity index (χ0) is 25.5. The number of aromatic hydroxyl groups is 1. The first kappa shape index (κ1) is 25.2. The predicted octanol–water partition coefficient (Wildman–Crippen LogP) is 0.515. The maximum Gasteiger partial charge on any atom is 0.326 e. The first-order valence-corrected chi connectivity index (χ1v) is 10.8. The van der Waals surface area contributed by atoms with Crippen LogP contribution in [0.2, 0.25) is 0 Å². The first-order chi connectivity index (χ1) is 16.6. The normalized spacial score (nSPS) is 13.5. The second kappa shape index (κ2) is 11.2. The number of para-hydroxylation sites is 1. The van der Waals surface area contributed by atoms with Crippen molar-refractivity contribution in [2.45, 2.75) is 37.4 Å². The Bertz CT molecular complexity index is 1220. The molecule has 3 aromatic rings. The maximum atomic E-state index is 12.9. The molecule has 11 nitrogen and oxygen atoms in total. The van der Waals surface area contributed by atoms with Crippen molar-refractivity contribution in [3.05, 3.63) is 65.9 Å². The molecule has 2 aromatic carbocycles. The lowest BCUT2D eigenvalue weighted by molar-refractivity contribution is -0.147. The van der Waals surface area contributed by atoms with Crippen molar-refractivity contribution in [1.82, 2.24) is 15.6 Å². The van der Waals surface area contributed by atoms with E-state index in [-0.39, 0.29) is 18.6 Å². The largest absolute Gasteiger partial charge is 0.508 e. The van der Waals surface area contributed by atoms with Crippen LogP contribution < -0.4 is 16.4 Å². The molecule has 0 fully saturated rings. The summed E-state index contributed by atoms with van der Waals surface area (Å²) in [5.74, 6) is -4.44. The highest BCUT2D eigenvalue weighted by atomic mass is 16.4. The summed E-state index contributed by atoms with van der Waals surface area (Å²) in [6.07, 6.45) is 1.06. The molecule has 35 heavy (non-hydrogen) atoms. The van der Waals surface area contributed by atoms with Gasteiger partial charge in [0, 0.05) is 23.5 Å². The fourth-order valence-electron chi connectivity index (χ4n) is 3.63. The molecular formula is C24H26N4O7. The lowest BCUT2D eigenvalue weighted by Gasteiger charge is -2.22. The number of aromatic amines is 1. The molecule has 11 heteroatoms. The number of carbonyl (C=O) groups is 4. The van der Waals surface area contributed by atoms with Gasteiger partial charge in [-0.3, -0.25) is 14.4 Å². The molecule has 0 radical (unpaired) electrons. The molecular weight excluding hydrogens is 456 g/mol. The van der Waals surface area contributed by atoms with Gasteiger partial charge in [0.05, 0.1) is 12.5 Å². The number of nitrogens with one attached hydrogen (secondary N) is 3. The van der Waals surface area contributed by atoms with E-state index in [2.05, 4.69) is 15.6 Å². The zero-order valence-corrected chi connectivity index (χ0v) is 18.6. The van der Waals surface area contributed by atoms with Crippen LogP contribution in [0.15, 0.2) is 54.7 Å². The molecule has 3 rings (SSSR count). The van der Waals surface area contributed by atoms with Crippen LogP contribution in [0.1, 0.15) is 17.5 Å². The number of hydrogen-bond donors (Lipinski definition) is 7. The van der Waals surface area contributed by atoms with Crippen LogP contribution >= 0.6 is 0 Å². The Morgan fingerprint density at radius 1 is 0.886 bits per heavy atom.